The van der Waals surface area contributed by atoms with Crippen molar-refractivity contribution in [3.8, 4) is 17.5 Å². The van der Waals surface area contributed by atoms with Gasteiger partial charge in [0.15, 0.2) is 5.58 Å². The Balaban J connectivity index is 1.13. The summed E-state index contributed by atoms with van der Waals surface area (Å²) < 4.78 is 19.2. The van der Waals surface area contributed by atoms with Crippen LogP contribution in [0.2, 0.25) is 0 Å². The molecule has 0 atom stereocenters. The van der Waals surface area contributed by atoms with Gasteiger partial charge in [-0.05, 0) is 73.1 Å². The molecule has 0 radical (unpaired) electrons. The number of fused-ring (bicyclic) bond motifs is 1. The smallest absolute Gasteiger partial charge is 0.253 e. The molecule has 2 saturated heterocycles. The van der Waals surface area contributed by atoms with Gasteiger partial charge < -0.3 is 14.2 Å². The van der Waals surface area contributed by atoms with Crippen molar-refractivity contribution >= 4 is 23.0 Å². The average Bonchev–Trinajstić information content (AvgIpc) is 3.61. The Morgan fingerprint density at radius 2 is 1.85 bits per heavy atom. The van der Waals surface area contributed by atoms with E-state index in [0.717, 1.165) is 56.6 Å². The van der Waals surface area contributed by atoms with Crippen molar-refractivity contribution in [2.24, 2.45) is 5.41 Å². The first kappa shape index (κ1) is 25.9. The Morgan fingerprint density at radius 3 is 2.55 bits per heavy atom. The van der Waals surface area contributed by atoms with Crippen molar-refractivity contribution in [2.75, 3.05) is 31.1 Å². The maximum atomic E-state index is 13.4. The second-order valence-electron chi connectivity index (χ2n) is 11.2. The largest absolute Gasteiger partial charge is 0.436 e. The maximum absolute atomic E-state index is 13.4. The standard InChI is InChI=1S/C31H31FN6O2/c1-20(2)25-15-21(18-33)16-26-27(25)40-28(36-26)22-3-5-23(6-4-22)29(39)38-14-10-31(19-38)8-12-37(13-9-31)30-34-11-7-24(17-32)35-30/h3-7,11,15-16,20H,8-10,12-14,17,19H2,1-2H3. The number of hydrogen-bond donors (Lipinski definition) is 0. The number of aromatic nitrogens is 3. The Bertz CT molecular complexity index is 1600. The van der Waals surface area contributed by atoms with Gasteiger partial charge in [0.1, 0.15) is 12.2 Å². The normalized spacial score (nSPS) is 16.7. The minimum Gasteiger partial charge on any atom is -0.436 e. The highest BCUT2D eigenvalue weighted by Gasteiger charge is 2.42. The van der Waals surface area contributed by atoms with Crippen molar-refractivity contribution in [2.45, 2.75) is 45.7 Å². The molecule has 2 aromatic heterocycles. The molecule has 2 aliphatic heterocycles. The van der Waals surface area contributed by atoms with E-state index in [1.165, 1.54) is 0 Å². The first-order chi connectivity index (χ1) is 19.4. The number of anilines is 1. The lowest BCUT2D eigenvalue weighted by Crippen LogP contribution is -2.43. The highest BCUT2D eigenvalue weighted by molar-refractivity contribution is 5.95. The molecule has 0 saturated carbocycles. The minimum absolute atomic E-state index is 0.0307. The van der Waals surface area contributed by atoms with Gasteiger partial charge in [-0.3, -0.25) is 4.79 Å². The van der Waals surface area contributed by atoms with E-state index in [0.29, 0.717) is 39.8 Å². The zero-order valence-corrected chi connectivity index (χ0v) is 22.7. The summed E-state index contributed by atoms with van der Waals surface area (Å²) >= 11 is 0. The molecule has 0 N–H and O–H groups in total. The topological polar surface area (TPSA) is 99.2 Å². The van der Waals surface area contributed by atoms with Crippen LogP contribution < -0.4 is 4.90 Å². The molecule has 2 fully saturated rings. The molecule has 0 unspecified atom stereocenters. The van der Waals surface area contributed by atoms with Crippen LogP contribution in [-0.2, 0) is 6.67 Å². The van der Waals surface area contributed by atoms with Crippen LogP contribution in [0.5, 0.6) is 0 Å². The number of oxazole rings is 1. The van der Waals surface area contributed by atoms with Gasteiger partial charge in [-0.25, -0.2) is 19.3 Å². The van der Waals surface area contributed by atoms with E-state index in [-0.39, 0.29) is 17.2 Å². The number of likely N-dealkylation sites (tertiary alicyclic amines) is 1. The van der Waals surface area contributed by atoms with Crippen molar-refractivity contribution in [1.82, 2.24) is 19.9 Å². The molecule has 2 aliphatic rings. The Hall–Kier alpha value is -4.32. The van der Waals surface area contributed by atoms with Gasteiger partial charge >= 0.3 is 0 Å². The molecule has 6 rings (SSSR count). The second kappa shape index (κ2) is 10.3. The van der Waals surface area contributed by atoms with E-state index in [1.54, 1.807) is 18.3 Å². The molecule has 204 valence electrons. The van der Waals surface area contributed by atoms with Crippen molar-refractivity contribution in [1.29, 1.82) is 5.26 Å². The molecule has 9 heteroatoms. The second-order valence-corrected chi connectivity index (χ2v) is 11.2. The lowest BCUT2D eigenvalue weighted by molar-refractivity contribution is 0.0764. The number of nitriles is 1. The first-order valence-electron chi connectivity index (χ1n) is 13.8. The number of alkyl halides is 1. The highest BCUT2D eigenvalue weighted by atomic mass is 19.1. The molecule has 4 heterocycles. The van der Waals surface area contributed by atoms with Crippen LogP contribution in [0.25, 0.3) is 22.6 Å². The van der Waals surface area contributed by atoms with E-state index >= 15 is 0 Å². The zero-order chi connectivity index (χ0) is 27.9. The molecule has 8 nitrogen and oxygen atoms in total. The summed E-state index contributed by atoms with van der Waals surface area (Å²) in [5.74, 6) is 1.27. The molecule has 1 amide bonds. The molecule has 4 aromatic rings. The van der Waals surface area contributed by atoms with Crippen LogP contribution in [-0.4, -0.2) is 51.9 Å². The van der Waals surface area contributed by atoms with Gasteiger partial charge in [0.2, 0.25) is 11.8 Å². The summed E-state index contributed by atoms with van der Waals surface area (Å²) in [6.07, 6.45) is 4.48. The van der Waals surface area contributed by atoms with E-state index in [1.807, 2.05) is 35.2 Å². The molecule has 40 heavy (non-hydrogen) atoms. The SMILES string of the molecule is CC(C)c1cc(C#N)cc2nc(-c3ccc(C(=O)N4CCC5(CCN(c6nccc(CF)n6)CC5)C4)cc3)oc12. The highest BCUT2D eigenvalue weighted by Crippen LogP contribution is 2.41. The Kier molecular flexibility index (Phi) is 6.70. The quantitative estimate of drug-likeness (QED) is 0.313. The zero-order valence-electron chi connectivity index (χ0n) is 22.7. The number of amides is 1. The number of rotatable bonds is 5. The minimum atomic E-state index is -0.595. The fourth-order valence-corrected chi connectivity index (χ4v) is 5.92. The third kappa shape index (κ3) is 4.79. The van der Waals surface area contributed by atoms with Crippen molar-refractivity contribution < 1.29 is 13.6 Å². The fourth-order valence-electron chi connectivity index (χ4n) is 5.92. The van der Waals surface area contributed by atoms with Gasteiger partial charge in [-0.15, -0.1) is 0 Å². The number of hydrogen-bond acceptors (Lipinski definition) is 7. The average molecular weight is 539 g/mol. The fraction of sp³-hybridized carbons (Fsp3) is 0.387. The number of halogens is 1. The third-order valence-electron chi connectivity index (χ3n) is 8.32. The number of piperidine rings is 1. The van der Waals surface area contributed by atoms with Gasteiger partial charge in [-0.2, -0.15) is 5.26 Å². The molecule has 0 bridgehead atoms. The summed E-state index contributed by atoms with van der Waals surface area (Å²) in [7, 11) is 0. The predicted molar refractivity (Wildman–Crippen MR) is 149 cm³/mol. The summed E-state index contributed by atoms with van der Waals surface area (Å²) in [6, 6.07) is 14.8. The van der Waals surface area contributed by atoms with Gasteiger partial charge in [0.05, 0.1) is 17.3 Å². The summed E-state index contributed by atoms with van der Waals surface area (Å²) in [6.45, 7) is 6.59. The Labute approximate surface area is 232 Å². The summed E-state index contributed by atoms with van der Waals surface area (Å²) in [5, 5.41) is 9.39. The summed E-state index contributed by atoms with van der Waals surface area (Å²) in [5.41, 5.74) is 4.79. The van der Waals surface area contributed by atoms with Gasteiger partial charge in [-0.1, -0.05) is 13.8 Å². The summed E-state index contributed by atoms with van der Waals surface area (Å²) in [4.78, 5) is 30.8. The van der Waals surface area contributed by atoms with Crippen molar-refractivity contribution in [3.05, 3.63) is 71.0 Å². The lowest BCUT2D eigenvalue weighted by atomic mass is 9.78. The van der Waals surface area contributed by atoms with Gasteiger partial charge in [0, 0.05) is 49.1 Å². The molecule has 2 aromatic carbocycles. The van der Waals surface area contributed by atoms with Gasteiger partial charge in [0.25, 0.3) is 5.91 Å². The van der Waals surface area contributed by atoms with Crippen molar-refractivity contribution in [3.63, 3.8) is 0 Å². The number of carbonyl (C=O) groups excluding carboxylic acids is 1. The van der Waals surface area contributed by atoms with Crippen LogP contribution >= 0.6 is 0 Å². The van der Waals surface area contributed by atoms with E-state index in [2.05, 4.69) is 39.8 Å². The molecule has 0 aliphatic carbocycles. The molecular weight excluding hydrogens is 507 g/mol. The first-order valence-corrected chi connectivity index (χ1v) is 13.8. The third-order valence-corrected chi connectivity index (χ3v) is 8.32. The van der Waals surface area contributed by atoms with Crippen LogP contribution in [0.1, 0.15) is 66.2 Å². The lowest BCUT2D eigenvalue weighted by Gasteiger charge is -2.39. The monoisotopic (exact) mass is 538 g/mol. The van der Waals surface area contributed by atoms with E-state index < -0.39 is 6.67 Å². The van der Waals surface area contributed by atoms with Crippen LogP contribution in [0.15, 0.2) is 53.1 Å². The number of nitrogens with zero attached hydrogens (tertiary/aromatic N) is 6. The van der Waals surface area contributed by atoms with E-state index in [4.69, 9.17) is 4.42 Å². The van der Waals surface area contributed by atoms with Crippen LogP contribution in [0.4, 0.5) is 10.3 Å². The van der Waals surface area contributed by atoms with Crippen LogP contribution in [0, 0.1) is 16.7 Å². The maximum Gasteiger partial charge on any atom is 0.253 e. The number of carbonyl (C=O) groups is 1. The predicted octanol–water partition coefficient (Wildman–Crippen LogP) is 5.88. The number of benzene rings is 2. The van der Waals surface area contributed by atoms with Crippen LogP contribution in [0.3, 0.4) is 0 Å². The Morgan fingerprint density at radius 1 is 1.10 bits per heavy atom. The molecule has 1 spiro atoms. The van der Waals surface area contributed by atoms with E-state index in [9.17, 15) is 14.4 Å². The molecular formula is C31H31FN6O2.